The monoisotopic (exact) mass is 359 g/mol. The first-order chi connectivity index (χ1) is 12.2. The molecule has 3 aliphatic carbocycles. The van der Waals surface area contributed by atoms with E-state index in [0.29, 0.717) is 24.2 Å². The Morgan fingerprint density at radius 1 is 1.15 bits per heavy atom. The van der Waals surface area contributed by atoms with Crippen LogP contribution in [0.2, 0.25) is 0 Å². The zero-order valence-electron chi connectivity index (χ0n) is 16.9. The van der Waals surface area contributed by atoms with Crippen molar-refractivity contribution >= 4 is 11.9 Å². The SMILES string of the molecule is COC(=O)[C@H]1CCC2C3CC(C)=C4N(C)C(=O)CC[C@]4(C)C3CC[C@@]21C. The first kappa shape index (κ1) is 18.1. The quantitative estimate of drug-likeness (QED) is 0.661. The van der Waals surface area contributed by atoms with E-state index < -0.39 is 0 Å². The minimum absolute atomic E-state index is 0.00794. The van der Waals surface area contributed by atoms with Crippen molar-refractivity contribution in [2.75, 3.05) is 14.2 Å². The first-order valence-electron chi connectivity index (χ1n) is 10.3. The lowest BCUT2D eigenvalue weighted by Gasteiger charge is -2.59. The molecule has 0 bridgehead atoms. The summed E-state index contributed by atoms with van der Waals surface area (Å²) in [6, 6.07) is 0. The molecule has 1 heterocycles. The van der Waals surface area contributed by atoms with E-state index >= 15 is 0 Å². The van der Waals surface area contributed by atoms with E-state index in [4.69, 9.17) is 4.74 Å². The summed E-state index contributed by atoms with van der Waals surface area (Å²) in [6.45, 7) is 6.98. The topological polar surface area (TPSA) is 46.6 Å². The van der Waals surface area contributed by atoms with E-state index in [1.165, 1.54) is 24.8 Å². The van der Waals surface area contributed by atoms with Gasteiger partial charge in [-0.05, 0) is 68.6 Å². The Hall–Kier alpha value is -1.32. The highest BCUT2D eigenvalue weighted by atomic mass is 16.5. The lowest BCUT2D eigenvalue weighted by atomic mass is 9.48. The van der Waals surface area contributed by atoms with Crippen LogP contribution < -0.4 is 0 Å². The van der Waals surface area contributed by atoms with E-state index in [1.54, 1.807) is 0 Å². The van der Waals surface area contributed by atoms with Gasteiger partial charge in [0.15, 0.2) is 0 Å². The summed E-state index contributed by atoms with van der Waals surface area (Å²) >= 11 is 0. The molecule has 0 aromatic rings. The fourth-order valence-electron chi connectivity index (χ4n) is 7.64. The number of methoxy groups -OCH3 is 1. The van der Waals surface area contributed by atoms with E-state index in [1.807, 2.05) is 11.9 Å². The summed E-state index contributed by atoms with van der Waals surface area (Å²) in [4.78, 5) is 26.7. The molecule has 3 unspecified atom stereocenters. The van der Waals surface area contributed by atoms with Crippen LogP contribution in [0.3, 0.4) is 0 Å². The normalized spacial score (nSPS) is 45.1. The van der Waals surface area contributed by atoms with E-state index in [-0.39, 0.29) is 28.6 Å². The summed E-state index contributed by atoms with van der Waals surface area (Å²) in [6.07, 6.45) is 7.13. The molecule has 3 fully saturated rings. The third-order valence-corrected chi connectivity index (χ3v) is 8.80. The Bertz CT molecular complexity index is 683. The zero-order chi connectivity index (χ0) is 18.9. The number of piperidine rings is 1. The molecule has 26 heavy (non-hydrogen) atoms. The second-order valence-electron chi connectivity index (χ2n) is 9.78. The van der Waals surface area contributed by atoms with Gasteiger partial charge in [-0.15, -0.1) is 0 Å². The van der Waals surface area contributed by atoms with Crippen LogP contribution in [0.4, 0.5) is 0 Å². The van der Waals surface area contributed by atoms with Gasteiger partial charge >= 0.3 is 5.97 Å². The smallest absolute Gasteiger partial charge is 0.309 e. The Morgan fingerprint density at radius 3 is 2.58 bits per heavy atom. The Balaban J connectivity index is 1.72. The van der Waals surface area contributed by atoms with Crippen LogP contribution in [0.15, 0.2) is 11.3 Å². The Morgan fingerprint density at radius 2 is 1.88 bits per heavy atom. The third-order valence-electron chi connectivity index (χ3n) is 8.80. The molecule has 1 amide bonds. The molecule has 0 aromatic heterocycles. The fourth-order valence-corrected chi connectivity index (χ4v) is 7.64. The van der Waals surface area contributed by atoms with Gasteiger partial charge in [0.1, 0.15) is 0 Å². The van der Waals surface area contributed by atoms with Crippen molar-refractivity contribution in [3.8, 4) is 0 Å². The van der Waals surface area contributed by atoms with Crippen LogP contribution in [0.25, 0.3) is 0 Å². The van der Waals surface area contributed by atoms with Crippen LogP contribution in [0.5, 0.6) is 0 Å². The number of fused-ring (bicyclic) bond motifs is 5. The van der Waals surface area contributed by atoms with Crippen LogP contribution in [-0.4, -0.2) is 30.9 Å². The number of carbonyl (C=O) groups is 2. The summed E-state index contributed by atoms with van der Waals surface area (Å²) < 4.78 is 5.14. The van der Waals surface area contributed by atoms with E-state index in [0.717, 1.165) is 32.1 Å². The lowest BCUT2D eigenvalue weighted by Crippen LogP contribution is -2.54. The maximum atomic E-state index is 12.4. The summed E-state index contributed by atoms with van der Waals surface area (Å²) in [7, 11) is 3.50. The molecule has 0 aromatic carbocycles. The maximum Gasteiger partial charge on any atom is 0.309 e. The van der Waals surface area contributed by atoms with Gasteiger partial charge in [-0.1, -0.05) is 19.4 Å². The molecular formula is C22H33NO3. The molecule has 4 rings (SSSR count). The molecule has 0 radical (unpaired) electrons. The van der Waals surface area contributed by atoms with Gasteiger partial charge in [-0.25, -0.2) is 0 Å². The summed E-state index contributed by atoms with van der Waals surface area (Å²) in [5.41, 5.74) is 2.90. The molecule has 0 spiro atoms. The van der Waals surface area contributed by atoms with E-state index in [9.17, 15) is 9.59 Å². The minimum Gasteiger partial charge on any atom is -0.469 e. The van der Waals surface area contributed by atoms with Crippen molar-refractivity contribution in [3.63, 3.8) is 0 Å². The number of amides is 1. The average Bonchev–Trinajstić information content (AvgIpc) is 2.95. The number of esters is 1. The number of hydrogen-bond acceptors (Lipinski definition) is 3. The highest BCUT2D eigenvalue weighted by molar-refractivity contribution is 5.80. The Labute approximate surface area is 157 Å². The number of nitrogens with zero attached hydrogens (tertiary/aromatic N) is 1. The number of hydrogen-bond donors (Lipinski definition) is 0. The third kappa shape index (κ3) is 2.20. The van der Waals surface area contributed by atoms with Crippen molar-refractivity contribution in [2.45, 2.75) is 65.7 Å². The molecule has 4 nitrogen and oxygen atoms in total. The van der Waals surface area contributed by atoms with Crippen LogP contribution in [-0.2, 0) is 14.3 Å². The number of likely N-dealkylation sites (tertiary alicyclic amines) is 1. The standard InChI is InChI=1S/C22H33NO3/c1-13-12-14-15-6-7-17(20(25)26-5)21(15,2)10-8-16(14)22(3)11-9-18(24)23(4)19(13)22/h14-17H,6-12H2,1-5H3/t14?,15?,16?,17-,21+,22-/m1/s1. The molecule has 1 saturated heterocycles. The minimum atomic E-state index is -0.00794. The second-order valence-corrected chi connectivity index (χ2v) is 9.78. The van der Waals surface area contributed by atoms with Crippen molar-refractivity contribution in [1.29, 1.82) is 0 Å². The largest absolute Gasteiger partial charge is 0.469 e. The number of carbonyl (C=O) groups excluding carboxylic acids is 2. The van der Waals surface area contributed by atoms with Crippen LogP contribution >= 0.6 is 0 Å². The average molecular weight is 360 g/mol. The van der Waals surface area contributed by atoms with Crippen molar-refractivity contribution in [1.82, 2.24) is 4.90 Å². The molecule has 6 atom stereocenters. The summed E-state index contributed by atoms with van der Waals surface area (Å²) in [5, 5.41) is 0. The van der Waals surface area contributed by atoms with Gasteiger partial charge in [0.25, 0.3) is 0 Å². The van der Waals surface area contributed by atoms with Gasteiger partial charge in [0.2, 0.25) is 5.91 Å². The fraction of sp³-hybridized carbons (Fsp3) is 0.818. The molecule has 4 aliphatic rings. The molecule has 1 aliphatic heterocycles. The van der Waals surface area contributed by atoms with Crippen molar-refractivity contribution in [2.24, 2.45) is 34.5 Å². The Kier molecular flexibility index (Phi) is 4.06. The lowest BCUT2D eigenvalue weighted by molar-refractivity contribution is -0.153. The highest BCUT2D eigenvalue weighted by Gasteiger charge is 2.61. The van der Waals surface area contributed by atoms with Crippen LogP contribution in [0, 0.1) is 34.5 Å². The summed E-state index contributed by atoms with van der Waals surface area (Å²) in [5.74, 6) is 2.19. The molecule has 144 valence electrons. The molecule has 2 saturated carbocycles. The number of ether oxygens (including phenoxy) is 1. The number of rotatable bonds is 1. The van der Waals surface area contributed by atoms with Gasteiger partial charge in [-0.3, -0.25) is 9.59 Å². The van der Waals surface area contributed by atoms with Gasteiger partial charge < -0.3 is 9.64 Å². The maximum absolute atomic E-state index is 12.4. The van der Waals surface area contributed by atoms with Gasteiger partial charge in [0, 0.05) is 24.6 Å². The number of allylic oxidation sites excluding steroid dienone is 2. The molecule has 4 heteroatoms. The second kappa shape index (κ2) is 5.84. The van der Waals surface area contributed by atoms with Gasteiger partial charge in [0.05, 0.1) is 13.0 Å². The molecule has 0 N–H and O–H groups in total. The van der Waals surface area contributed by atoms with E-state index in [2.05, 4.69) is 20.8 Å². The van der Waals surface area contributed by atoms with Gasteiger partial charge in [-0.2, -0.15) is 0 Å². The van der Waals surface area contributed by atoms with Crippen LogP contribution in [0.1, 0.15) is 65.7 Å². The first-order valence-corrected chi connectivity index (χ1v) is 10.3. The predicted octanol–water partition coefficient (Wildman–Crippen LogP) is 4.15. The van der Waals surface area contributed by atoms with Crippen molar-refractivity contribution in [3.05, 3.63) is 11.3 Å². The molecular weight excluding hydrogens is 326 g/mol. The zero-order valence-corrected chi connectivity index (χ0v) is 16.9. The highest BCUT2D eigenvalue weighted by Crippen LogP contribution is 2.66. The van der Waals surface area contributed by atoms with Crippen molar-refractivity contribution < 1.29 is 14.3 Å². The predicted molar refractivity (Wildman–Crippen MR) is 100.0 cm³/mol.